The molecule has 2 N–H and O–H groups in total. The summed E-state index contributed by atoms with van der Waals surface area (Å²) in [6, 6.07) is 11.7. The van der Waals surface area contributed by atoms with Crippen molar-refractivity contribution in [3.8, 4) is 5.75 Å². The Hall–Kier alpha value is -1.39. The monoisotopic (exact) mass is 323 g/mol. The van der Waals surface area contributed by atoms with Gasteiger partial charge in [-0.05, 0) is 36.8 Å². The Morgan fingerprint density at radius 1 is 1.26 bits per heavy atom. The molecule has 0 amide bonds. The minimum atomic E-state index is -0.345. The minimum absolute atomic E-state index is 0.105. The molecule has 0 aliphatic rings. The molecule has 0 spiro atoms. The highest BCUT2D eigenvalue weighted by Crippen LogP contribution is 2.25. The number of benzene rings is 2. The lowest BCUT2D eigenvalue weighted by Gasteiger charge is -2.16. The fourth-order valence-corrected chi connectivity index (χ4v) is 2.31. The molecule has 1 unspecified atom stereocenters. The maximum Gasteiger partial charge on any atom is 0.123 e. The maximum atomic E-state index is 13.2. The maximum absolute atomic E-state index is 13.2. The number of phenols is 1. The highest BCUT2D eigenvalue weighted by molar-refractivity contribution is 9.10. The second-order valence-electron chi connectivity index (χ2n) is 4.40. The van der Waals surface area contributed by atoms with Crippen LogP contribution in [-0.2, 0) is 6.54 Å². The molecule has 0 aliphatic carbocycles. The molecule has 1 atom stereocenters. The minimum Gasteiger partial charge on any atom is -0.508 e. The fraction of sp³-hybridized carbons (Fsp3) is 0.200. The van der Waals surface area contributed by atoms with Gasteiger partial charge in [-0.25, -0.2) is 4.39 Å². The van der Waals surface area contributed by atoms with E-state index in [-0.39, 0.29) is 17.6 Å². The average Bonchev–Trinajstić information content (AvgIpc) is 2.40. The van der Waals surface area contributed by atoms with Gasteiger partial charge >= 0.3 is 0 Å². The molecule has 2 nitrogen and oxygen atoms in total. The molecule has 2 aromatic rings. The standard InChI is InChI=1S/C15H15BrFNO/c1-10(13-8-12(17)6-7-15(13)19)18-9-11-4-2-3-5-14(11)16/h2-8,10,18-19H,9H2,1H3. The number of hydrogen-bond acceptors (Lipinski definition) is 2. The van der Waals surface area contributed by atoms with Crippen molar-refractivity contribution in [1.82, 2.24) is 5.32 Å². The normalized spacial score (nSPS) is 12.4. The summed E-state index contributed by atoms with van der Waals surface area (Å²) in [5.41, 5.74) is 1.68. The van der Waals surface area contributed by atoms with E-state index in [0.29, 0.717) is 12.1 Å². The van der Waals surface area contributed by atoms with E-state index in [1.54, 1.807) is 0 Å². The van der Waals surface area contributed by atoms with E-state index in [1.807, 2.05) is 31.2 Å². The Kier molecular flexibility index (Phi) is 4.56. The Morgan fingerprint density at radius 2 is 2.00 bits per heavy atom. The van der Waals surface area contributed by atoms with Crippen molar-refractivity contribution >= 4 is 15.9 Å². The highest BCUT2D eigenvalue weighted by atomic mass is 79.9. The van der Waals surface area contributed by atoms with Crippen LogP contribution in [-0.4, -0.2) is 5.11 Å². The molecule has 0 fully saturated rings. The molecule has 2 rings (SSSR count). The van der Waals surface area contributed by atoms with Gasteiger partial charge in [0.1, 0.15) is 11.6 Å². The number of hydrogen-bond donors (Lipinski definition) is 2. The van der Waals surface area contributed by atoms with Gasteiger partial charge in [0.25, 0.3) is 0 Å². The first kappa shape index (κ1) is 14.0. The molecular weight excluding hydrogens is 309 g/mol. The van der Waals surface area contributed by atoms with E-state index in [1.165, 1.54) is 18.2 Å². The first-order valence-corrected chi connectivity index (χ1v) is 6.82. The number of aromatic hydroxyl groups is 1. The van der Waals surface area contributed by atoms with E-state index >= 15 is 0 Å². The summed E-state index contributed by atoms with van der Waals surface area (Å²) < 4.78 is 14.2. The molecule has 100 valence electrons. The molecule has 0 saturated heterocycles. The molecule has 0 aliphatic heterocycles. The third-order valence-corrected chi connectivity index (χ3v) is 3.79. The van der Waals surface area contributed by atoms with Crippen LogP contribution in [0.25, 0.3) is 0 Å². The van der Waals surface area contributed by atoms with Gasteiger partial charge < -0.3 is 10.4 Å². The lowest BCUT2D eigenvalue weighted by atomic mass is 10.1. The Balaban J connectivity index is 2.07. The van der Waals surface area contributed by atoms with Crippen LogP contribution >= 0.6 is 15.9 Å². The van der Waals surface area contributed by atoms with E-state index in [0.717, 1.165) is 10.0 Å². The second-order valence-corrected chi connectivity index (χ2v) is 5.25. The number of halogens is 2. The number of nitrogens with one attached hydrogen (secondary N) is 1. The molecular formula is C15H15BrFNO. The van der Waals surface area contributed by atoms with Crippen LogP contribution in [0.2, 0.25) is 0 Å². The van der Waals surface area contributed by atoms with Crippen molar-refractivity contribution < 1.29 is 9.50 Å². The second kappa shape index (κ2) is 6.17. The van der Waals surface area contributed by atoms with Crippen molar-refractivity contribution in [2.75, 3.05) is 0 Å². The molecule has 0 bridgehead atoms. The van der Waals surface area contributed by atoms with Gasteiger partial charge in [-0.15, -0.1) is 0 Å². The summed E-state index contributed by atoms with van der Waals surface area (Å²) in [7, 11) is 0. The van der Waals surface area contributed by atoms with Crippen LogP contribution in [0.4, 0.5) is 4.39 Å². The third-order valence-electron chi connectivity index (χ3n) is 3.01. The largest absolute Gasteiger partial charge is 0.508 e. The summed E-state index contributed by atoms with van der Waals surface area (Å²) in [4.78, 5) is 0. The lowest BCUT2D eigenvalue weighted by molar-refractivity contribution is 0.449. The molecule has 19 heavy (non-hydrogen) atoms. The quantitative estimate of drug-likeness (QED) is 0.886. The van der Waals surface area contributed by atoms with Gasteiger partial charge in [0.05, 0.1) is 0 Å². The lowest BCUT2D eigenvalue weighted by Crippen LogP contribution is -2.18. The SMILES string of the molecule is CC(NCc1ccccc1Br)c1cc(F)ccc1O. The van der Waals surface area contributed by atoms with Crippen molar-refractivity contribution in [3.05, 3.63) is 63.9 Å². The number of phenolic OH excluding ortho intramolecular Hbond substituents is 1. The van der Waals surface area contributed by atoms with Crippen molar-refractivity contribution in [3.63, 3.8) is 0 Å². The summed E-state index contributed by atoms with van der Waals surface area (Å²) in [6.45, 7) is 2.53. The van der Waals surface area contributed by atoms with Crippen molar-refractivity contribution in [2.24, 2.45) is 0 Å². The zero-order chi connectivity index (χ0) is 13.8. The third kappa shape index (κ3) is 3.55. The van der Waals surface area contributed by atoms with Gasteiger partial charge in [-0.1, -0.05) is 34.1 Å². The fourth-order valence-electron chi connectivity index (χ4n) is 1.89. The van der Waals surface area contributed by atoms with E-state index in [2.05, 4.69) is 21.2 Å². The zero-order valence-corrected chi connectivity index (χ0v) is 12.1. The number of rotatable bonds is 4. The van der Waals surface area contributed by atoms with Gasteiger partial charge in [-0.3, -0.25) is 0 Å². The molecule has 4 heteroatoms. The molecule has 0 saturated carbocycles. The van der Waals surface area contributed by atoms with Crippen LogP contribution < -0.4 is 5.32 Å². The van der Waals surface area contributed by atoms with Crippen molar-refractivity contribution in [2.45, 2.75) is 19.5 Å². The van der Waals surface area contributed by atoms with Gasteiger partial charge in [0.2, 0.25) is 0 Å². The van der Waals surface area contributed by atoms with Gasteiger partial charge in [0.15, 0.2) is 0 Å². The van der Waals surface area contributed by atoms with E-state index in [4.69, 9.17) is 0 Å². The highest BCUT2D eigenvalue weighted by Gasteiger charge is 2.11. The Morgan fingerprint density at radius 3 is 2.74 bits per heavy atom. The first-order valence-electron chi connectivity index (χ1n) is 6.03. The van der Waals surface area contributed by atoms with Crippen LogP contribution in [0.5, 0.6) is 5.75 Å². The predicted molar refractivity (Wildman–Crippen MR) is 77.5 cm³/mol. The Bertz CT molecular complexity index is 574. The summed E-state index contributed by atoms with van der Waals surface area (Å²) in [5, 5.41) is 13.0. The summed E-state index contributed by atoms with van der Waals surface area (Å²) >= 11 is 3.48. The van der Waals surface area contributed by atoms with Crippen LogP contribution in [0.1, 0.15) is 24.1 Å². The topological polar surface area (TPSA) is 32.3 Å². The smallest absolute Gasteiger partial charge is 0.123 e. The van der Waals surface area contributed by atoms with Crippen LogP contribution in [0.3, 0.4) is 0 Å². The van der Waals surface area contributed by atoms with Crippen LogP contribution in [0, 0.1) is 5.82 Å². The molecule has 2 aromatic carbocycles. The van der Waals surface area contributed by atoms with Gasteiger partial charge in [0, 0.05) is 22.6 Å². The summed E-state index contributed by atoms with van der Waals surface area (Å²) in [6.07, 6.45) is 0. The molecule has 0 heterocycles. The predicted octanol–water partition coefficient (Wildman–Crippen LogP) is 4.14. The summed E-state index contributed by atoms with van der Waals surface area (Å²) in [5.74, 6) is -0.240. The Labute approximate surface area is 120 Å². The van der Waals surface area contributed by atoms with Crippen LogP contribution in [0.15, 0.2) is 46.9 Å². The first-order chi connectivity index (χ1) is 9.08. The zero-order valence-electron chi connectivity index (χ0n) is 10.5. The average molecular weight is 324 g/mol. The van der Waals surface area contributed by atoms with E-state index < -0.39 is 0 Å². The van der Waals surface area contributed by atoms with Crippen molar-refractivity contribution in [1.29, 1.82) is 0 Å². The molecule has 0 aromatic heterocycles. The van der Waals surface area contributed by atoms with E-state index in [9.17, 15) is 9.50 Å². The molecule has 0 radical (unpaired) electrons. The van der Waals surface area contributed by atoms with Gasteiger partial charge in [-0.2, -0.15) is 0 Å².